The van der Waals surface area contributed by atoms with E-state index in [9.17, 15) is 18.0 Å². The molecule has 4 rings (SSSR count). The summed E-state index contributed by atoms with van der Waals surface area (Å²) >= 11 is 0. The maximum Gasteiger partial charge on any atom is 0.435 e. The first-order valence-corrected chi connectivity index (χ1v) is 9.96. The molecule has 1 saturated carbocycles. The van der Waals surface area contributed by atoms with Gasteiger partial charge in [0.15, 0.2) is 11.5 Å². The number of hydrogen-bond acceptors (Lipinski definition) is 5. The summed E-state index contributed by atoms with van der Waals surface area (Å²) in [5.74, 6) is 0.495. The van der Waals surface area contributed by atoms with Crippen LogP contribution in [0.3, 0.4) is 0 Å². The first kappa shape index (κ1) is 19.4. The smallest absolute Gasteiger partial charge is 0.381 e. The van der Waals surface area contributed by atoms with Gasteiger partial charge in [-0.1, -0.05) is 0 Å². The molecule has 3 heterocycles. The van der Waals surface area contributed by atoms with Crippen molar-refractivity contribution in [3.05, 3.63) is 17.8 Å². The van der Waals surface area contributed by atoms with Crippen molar-refractivity contribution in [2.75, 3.05) is 24.7 Å². The number of ether oxygens (including phenoxy) is 1. The van der Waals surface area contributed by atoms with Crippen LogP contribution in [0.1, 0.15) is 50.6 Å². The van der Waals surface area contributed by atoms with E-state index in [-0.39, 0.29) is 23.4 Å². The van der Waals surface area contributed by atoms with Crippen LogP contribution in [-0.4, -0.2) is 47.4 Å². The molecule has 1 aliphatic carbocycles. The van der Waals surface area contributed by atoms with Crippen molar-refractivity contribution >= 4 is 11.7 Å². The Morgan fingerprint density at radius 2 is 2.00 bits per heavy atom. The molecule has 0 spiro atoms. The van der Waals surface area contributed by atoms with E-state index in [1.54, 1.807) is 0 Å². The number of amides is 1. The highest BCUT2D eigenvalue weighted by Crippen LogP contribution is 2.43. The first-order valence-electron chi connectivity index (χ1n) is 9.96. The number of alkyl halides is 3. The Kier molecular flexibility index (Phi) is 5.20. The minimum atomic E-state index is -4.50. The number of hydrogen-bond donors (Lipinski definition) is 1. The maximum atomic E-state index is 12.9. The van der Waals surface area contributed by atoms with E-state index in [0.717, 1.165) is 51.0 Å². The molecular formula is C19H25F3N4O2. The van der Waals surface area contributed by atoms with E-state index in [0.29, 0.717) is 25.6 Å². The molecule has 1 N–H and O–H groups in total. The Balaban J connectivity index is 1.48. The van der Waals surface area contributed by atoms with Crippen LogP contribution < -0.4 is 10.2 Å². The summed E-state index contributed by atoms with van der Waals surface area (Å²) in [6.07, 6.45) is 1.49. The zero-order valence-electron chi connectivity index (χ0n) is 15.7. The molecule has 3 atom stereocenters. The van der Waals surface area contributed by atoms with Crippen molar-refractivity contribution in [1.82, 2.24) is 15.5 Å². The summed E-state index contributed by atoms with van der Waals surface area (Å²) in [7, 11) is 0. The summed E-state index contributed by atoms with van der Waals surface area (Å²) in [5.41, 5.74) is -1.31. The molecule has 6 nitrogen and oxygen atoms in total. The summed E-state index contributed by atoms with van der Waals surface area (Å²) < 4.78 is 43.7. The van der Waals surface area contributed by atoms with Gasteiger partial charge in [0.1, 0.15) is 0 Å². The van der Waals surface area contributed by atoms with Crippen molar-refractivity contribution < 1.29 is 22.7 Å². The summed E-state index contributed by atoms with van der Waals surface area (Å²) in [5, 5.41) is 10.5. The van der Waals surface area contributed by atoms with Crippen LogP contribution in [0.25, 0.3) is 0 Å². The third-order valence-electron chi connectivity index (χ3n) is 6.34. The van der Waals surface area contributed by atoms with Gasteiger partial charge in [-0.05, 0) is 57.1 Å². The number of aromatic nitrogens is 2. The average molecular weight is 398 g/mol. The predicted octanol–water partition coefficient (Wildman–Crippen LogP) is 2.93. The normalized spacial score (nSPS) is 30.8. The van der Waals surface area contributed by atoms with Crippen LogP contribution in [0, 0.1) is 5.92 Å². The number of fused-ring (bicyclic) bond motifs is 1. The molecule has 3 unspecified atom stereocenters. The van der Waals surface area contributed by atoms with Crippen LogP contribution in [0.15, 0.2) is 12.1 Å². The monoisotopic (exact) mass is 398 g/mol. The fourth-order valence-corrected chi connectivity index (χ4v) is 4.90. The molecule has 0 bridgehead atoms. The van der Waals surface area contributed by atoms with Crippen molar-refractivity contribution in [3.63, 3.8) is 0 Å². The minimum absolute atomic E-state index is 0.0296. The molecule has 0 aromatic carbocycles. The van der Waals surface area contributed by atoms with E-state index in [1.807, 2.05) is 4.90 Å². The third kappa shape index (κ3) is 3.68. The fourth-order valence-electron chi connectivity index (χ4n) is 4.90. The second kappa shape index (κ2) is 7.50. The van der Waals surface area contributed by atoms with Gasteiger partial charge in [-0.2, -0.15) is 13.2 Å². The first-order chi connectivity index (χ1) is 13.4. The topological polar surface area (TPSA) is 67.4 Å². The molecule has 1 aromatic heterocycles. The zero-order valence-corrected chi connectivity index (χ0v) is 15.7. The molecule has 0 radical (unpaired) electrons. The third-order valence-corrected chi connectivity index (χ3v) is 6.34. The van der Waals surface area contributed by atoms with Crippen molar-refractivity contribution in [2.45, 2.75) is 62.7 Å². The van der Waals surface area contributed by atoms with Crippen molar-refractivity contribution in [1.29, 1.82) is 0 Å². The molecule has 1 amide bonds. The lowest BCUT2D eigenvalue weighted by molar-refractivity contribution is -0.141. The molecule has 1 aromatic rings. The van der Waals surface area contributed by atoms with Crippen molar-refractivity contribution in [2.24, 2.45) is 5.92 Å². The lowest BCUT2D eigenvalue weighted by Gasteiger charge is -2.34. The summed E-state index contributed by atoms with van der Waals surface area (Å²) in [6, 6.07) is 2.40. The van der Waals surface area contributed by atoms with E-state index in [2.05, 4.69) is 15.5 Å². The number of nitrogens with zero attached hydrogens (tertiary/aromatic N) is 3. The van der Waals surface area contributed by atoms with Crippen LogP contribution in [0.4, 0.5) is 19.0 Å². The van der Waals surface area contributed by atoms with Crippen LogP contribution in [0.5, 0.6) is 0 Å². The number of rotatable bonds is 3. The van der Waals surface area contributed by atoms with Gasteiger partial charge in [0.2, 0.25) is 5.91 Å². The van der Waals surface area contributed by atoms with Gasteiger partial charge < -0.3 is 15.0 Å². The second-order valence-corrected chi connectivity index (χ2v) is 8.01. The van der Waals surface area contributed by atoms with Gasteiger partial charge in [-0.3, -0.25) is 4.79 Å². The Morgan fingerprint density at radius 1 is 1.14 bits per heavy atom. The standard InChI is InChI=1S/C19H25F3N4O2/c20-19(21,22)14-5-6-16(25-24-14)26-10-9-18(8-1-4-15(18)26)23-17(27)13-3-2-11-28-12-7-13/h5-6,13,15H,1-4,7-12H2,(H,23,27). The van der Waals surface area contributed by atoms with Gasteiger partial charge in [0, 0.05) is 25.7 Å². The maximum absolute atomic E-state index is 12.9. The highest BCUT2D eigenvalue weighted by Gasteiger charge is 2.52. The molecule has 2 aliphatic heterocycles. The zero-order chi connectivity index (χ0) is 19.8. The minimum Gasteiger partial charge on any atom is -0.381 e. The van der Waals surface area contributed by atoms with Gasteiger partial charge in [-0.25, -0.2) is 0 Å². The Hall–Kier alpha value is -1.90. The lowest BCUT2D eigenvalue weighted by Crippen LogP contribution is -2.55. The molecule has 3 fully saturated rings. The molecule has 154 valence electrons. The average Bonchev–Trinajstić information content (AvgIpc) is 3.07. The summed E-state index contributed by atoms with van der Waals surface area (Å²) in [6.45, 7) is 1.97. The molecule has 28 heavy (non-hydrogen) atoms. The Labute approximate surface area is 161 Å². The number of anilines is 1. The largest absolute Gasteiger partial charge is 0.435 e. The molecule has 3 aliphatic rings. The van der Waals surface area contributed by atoms with Crippen LogP contribution in [0.2, 0.25) is 0 Å². The highest BCUT2D eigenvalue weighted by atomic mass is 19.4. The van der Waals surface area contributed by atoms with E-state index in [4.69, 9.17) is 4.74 Å². The molecule has 9 heteroatoms. The van der Waals surface area contributed by atoms with Crippen LogP contribution >= 0.6 is 0 Å². The summed E-state index contributed by atoms with van der Waals surface area (Å²) in [4.78, 5) is 14.9. The highest BCUT2D eigenvalue weighted by molar-refractivity contribution is 5.80. The molecule has 2 saturated heterocycles. The number of carbonyl (C=O) groups is 1. The van der Waals surface area contributed by atoms with Crippen molar-refractivity contribution in [3.8, 4) is 0 Å². The van der Waals surface area contributed by atoms with Gasteiger partial charge in [-0.15, -0.1) is 10.2 Å². The quantitative estimate of drug-likeness (QED) is 0.848. The fraction of sp³-hybridized carbons (Fsp3) is 0.737. The number of carbonyl (C=O) groups excluding carboxylic acids is 1. The SMILES string of the molecule is O=C(NC12CCCC1N(c1ccc(C(F)(F)F)nn1)CC2)C1CCCOCC1. The van der Waals surface area contributed by atoms with E-state index in [1.165, 1.54) is 6.07 Å². The lowest BCUT2D eigenvalue weighted by atomic mass is 9.90. The van der Waals surface area contributed by atoms with E-state index < -0.39 is 11.9 Å². The van der Waals surface area contributed by atoms with Gasteiger partial charge in [0.25, 0.3) is 0 Å². The number of halogens is 3. The Morgan fingerprint density at radius 3 is 2.75 bits per heavy atom. The van der Waals surface area contributed by atoms with Crippen LogP contribution in [-0.2, 0) is 15.7 Å². The predicted molar refractivity (Wildman–Crippen MR) is 95.7 cm³/mol. The second-order valence-electron chi connectivity index (χ2n) is 8.01. The molecular weight excluding hydrogens is 373 g/mol. The van der Waals surface area contributed by atoms with E-state index >= 15 is 0 Å². The van der Waals surface area contributed by atoms with Gasteiger partial charge >= 0.3 is 6.18 Å². The van der Waals surface area contributed by atoms with Gasteiger partial charge in [0.05, 0.1) is 11.6 Å². The number of nitrogens with one attached hydrogen (secondary N) is 1. The Bertz CT molecular complexity index is 704.